The number of nitrogens with zero attached hydrogens (tertiary/aromatic N) is 5. The first-order chi connectivity index (χ1) is 16.2. The Hall–Kier alpha value is -3.05. The Morgan fingerprint density at radius 3 is 2.59 bits per heavy atom. The Bertz CT molecular complexity index is 1170. The molecule has 6 nitrogen and oxygen atoms in total. The van der Waals surface area contributed by atoms with Gasteiger partial charge in [-0.1, -0.05) is 13.8 Å². The molecule has 1 spiro atoms. The summed E-state index contributed by atoms with van der Waals surface area (Å²) in [6.07, 6.45) is 4.61. The number of carbonyl (C=O) groups is 1. The molecule has 2 saturated heterocycles. The van der Waals surface area contributed by atoms with Gasteiger partial charge in [-0.3, -0.25) is 14.8 Å². The molecule has 0 bridgehead atoms. The second kappa shape index (κ2) is 8.31. The standard InChI is InChI=1S/C26H29F2N5O/c1-25(2)16-33(22-5-4-9-30-23(22)25)24(34)32-12-8-26(17-32)6-10-31(11-7-26)15-18-13-21(29-3)20(28)14-19(18)27/h4-5,9,13-14H,6-8,10-12,15-17H2,1-2H3. The first-order valence-electron chi connectivity index (χ1n) is 11.8. The van der Waals surface area contributed by atoms with Gasteiger partial charge < -0.3 is 4.90 Å². The third-order valence-electron chi connectivity index (χ3n) is 7.76. The Morgan fingerprint density at radius 2 is 1.85 bits per heavy atom. The highest BCUT2D eigenvalue weighted by Crippen LogP contribution is 2.43. The molecule has 0 radical (unpaired) electrons. The van der Waals surface area contributed by atoms with Crippen molar-refractivity contribution in [3.8, 4) is 0 Å². The molecule has 2 aromatic rings. The van der Waals surface area contributed by atoms with Crippen molar-refractivity contribution in [2.45, 2.75) is 45.1 Å². The van der Waals surface area contributed by atoms with E-state index in [-0.39, 0.29) is 22.5 Å². The topological polar surface area (TPSA) is 44.0 Å². The van der Waals surface area contributed by atoms with Crippen LogP contribution in [0.15, 0.2) is 30.5 Å². The highest BCUT2D eigenvalue weighted by molar-refractivity contribution is 5.94. The van der Waals surface area contributed by atoms with E-state index in [1.54, 1.807) is 6.20 Å². The van der Waals surface area contributed by atoms with Gasteiger partial charge in [-0.25, -0.2) is 18.4 Å². The van der Waals surface area contributed by atoms with Crippen molar-refractivity contribution in [1.29, 1.82) is 0 Å². The molecule has 2 fully saturated rings. The molecule has 0 unspecified atom stereocenters. The molecule has 5 rings (SSSR count). The van der Waals surface area contributed by atoms with Gasteiger partial charge in [0.15, 0.2) is 0 Å². The molecule has 8 heteroatoms. The van der Waals surface area contributed by atoms with E-state index in [9.17, 15) is 13.6 Å². The summed E-state index contributed by atoms with van der Waals surface area (Å²) in [5, 5.41) is 0. The molecule has 1 aromatic carbocycles. The average Bonchev–Trinajstić information content (AvgIpc) is 3.36. The van der Waals surface area contributed by atoms with E-state index in [1.165, 1.54) is 6.07 Å². The number of likely N-dealkylation sites (tertiary alicyclic amines) is 2. The normalized spacial score (nSPS) is 21.0. The van der Waals surface area contributed by atoms with Gasteiger partial charge in [0.1, 0.15) is 11.6 Å². The van der Waals surface area contributed by atoms with E-state index >= 15 is 0 Å². The molecule has 0 saturated carbocycles. The summed E-state index contributed by atoms with van der Waals surface area (Å²) in [5.74, 6) is -1.42. The van der Waals surface area contributed by atoms with Crippen molar-refractivity contribution in [1.82, 2.24) is 14.8 Å². The first-order valence-corrected chi connectivity index (χ1v) is 11.8. The lowest BCUT2D eigenvalue weighted by Crippen LogP contribution is -2.46. The van der Waals surface area contributed by atoms with E-state index in [1.807, 2.05) is 21.9 Å². The van der Waals surface area contributed by atoms with E-state index in [4.69, 9.17) is 6.57 Å². The van der Waals surface area contributed by atoms with Gasteiger partial charge in [0, 0.05) is 37.8 Å². The Labute approximate surface area is 199 Å². The molecule has 2 amide bonds. The minimum Gasteiger partial charge on any atom is -0.324 e. The monoisotopic (exact) mass is 465 g/mol. The van der Waals surface area contributed by atoms with Crippen molar-refractivity contribution in [3.05, 3.63) is 64.8 Å². The van der Waals surface area contributed by atoms with E-state index in [2.05, 4.69) is 28.6 Å². The lowest BCUT2D eigenvalue weighted by atomic mass is 9.77. The first kappa shape index (κ1) is 22.7. The number of hydrogen-bond acceptors (Lipinski definition) is 3. The number of piperidine rings is 1. The maximum absolute atomic E-state index is 14.2. The fourth-order valence-corrected chi connectivity index (χ4v) is 5.75. The van der Waals surface area contributed by atoms with Gasteiger partial charge in [-0.15, -0.1) is 0 Å². The molecule has 3 aliphatic rings. The molecule has 0 atom stereocenters. The fraction of sp³-hybridized carbons (Fsp3) is 0.500. The van der Waals surface area contributed by atoms with Crippen LogP contribution in [-0.2, 0) is 12.0 Å². The zero-order valence-corrected chi connectivity index (χ0v) is 19.7. The highest BCUT2D eigenvalue weighted by atomic mass is 19.1. The van der Waals surface area contributed by atoms with E-state index in [0.29, 0.717) is 18.7 Å². The lowest BCUT2D eigenvalue weighted by molar-refractivity contribution is 0.105. The maximum atomic E-state index is 14.2. The number of pyridine rings is 1. The summed E-state index contributed by atoms with van der Waals surface area (Å²) in [5.41, 5.74) is 2.01. The summed E-state index contributed by atoms with van der Waals surface area (Å²) < 4.78 is 27.9. The van der Waals surface area contributed by atoms with Crippen LogP contribution in [0.3, 0.4) is 0 Å². The van der Waals surface area contributed by atoms with Gasteiger partial charge in [0.05, 0.1) is 18.0 Å². The molecule has 178 valence electrons. The van der Waals surface area contributed by atoms with E-state index in [0.717, 1.165) is 62.9 Å². The second-order valence-electron chi connectivity index (χ2n) is 10.6. The Kier molecular flexibility index (Phi) is 5.56. The number of rotatable bonds is 2. The highest BCUT2D eigenvalue weighted by Gasteiger charge is 2.46. The van der Waals surface area contributed by atoms with Gasteiger partial charge >= 0.3 is 6.03 Å². The zero-order valence-electron chi connectivity index (χ0n) is 19.7. The molecule has 3 aliphatic heterocycles. The number of hydrogen-bond donors (Lipinski definition) is 0. The molecule has 4 heterocycles. The number of halogens is 2. The number of aromatic nitrogens is 1. The van der Waals surface area contributed by atoms with Crippen LogP contribution >= 0.6 is 0 Å². The van der Waals surface area contributed by atoms with Crippen LogP contribution in [0.5, 0.6) is 0 Å². The SMILES string of the molecule is [C-]#[N+]c1cc(CN2CCC3(CC2)CCN(C(=O)N2CC(C)(C)c4ncccc42)C3)c(F)cc1F. The lowest BCUT2D eigenvalue weighted by Gasteiger charge is -2.39. The van der Waals surface area contributed by atoms with Crippen molar-refractivity contribution < 1.29 is 13.6 Å². The van der Waals surface area contributed by atoms with Crippen LogP contribution in [0.2, 0.25) is 0 Å². The number of amides is 2. The summed E-state index contributed by atoms with van der Waals surface area (Å²) >= 11 is 0. The van der Waals surface area contributed by atoms with Crippen LogP contribution in [-0.4, -0.2) is 53.5 Å². The third kappa shape index (κ3) is 3.92. The number of benzene rings is 1. The van der Waals surface area contributed by atoms with Crippen molar-refractivity contribution in [3.63, 3.8) is 0 Å². The van der Waals surface area contributed by atoms with Crippen LogP contribution in [0.4, 0.5) is 25.0 Å². The van der Waals surface area contributed by atoms with Crippen molar-refractivity contribution in [2.24, 2.45) is 5.41 Å². The number of anilines is 1. The van der Waals surface area contributed by atoms with Gasteiger partial charge in [0.2, 0.25) is 5.69 Å². The quantitative estimate of drug-likeness (QED) is 0.579. The summed E-state index contributed by atoms with van der Waals surface area (Å²) in [6.45, 7) is 15.4. The van der Waals surface area contributed by atoms with Crippen molar-refractivity contribution >= 4 is 17.4 Å². The summed E-state index contributed by atoms with van der Waals surface area (Å²) in [4.78, 5) is 27.2. The molecule has 34 heavy (non-hydrogen) atoms. The van der Waals surface area contributed by atoms with Gasteiger partial charge in [0.25, 0.3) is 0 Å². The molecular formula is C26H29F2N5O. The number of urea groups is 1. The maximum Gasteiger partial charge on any atom is 0.324 e. The molecule has 0 N–H and O–H groups in total. The zero-order chi connectivity index (χ0) is 24.1. The van der Waals surface area contributed by atoms with Gasteiger partial charge in [-0.2, -0.15) is 0 Å². The second-order valence-corrected chi connectivity index (χ2v) is 10.6. The summed E-state index contributed by atoms with van der Waals surface area (Å²) in [6, 6.07) is 6.05. The minimum absolute atomic E-state index is 0.0548. The van der Waals surface area contributed by atoms with Crippen LogP contribution in [0, 0.1) is 23.6 Å². The predicted molar refractivity (Wildman–Crippen MR) is 126 cm³/mol. The number of fused-ring (bicyclic) bond motifs is 1. The Balaban J connectivity index is 1.22. The summed E-state index contributed by atoms with van der Waals surface area (Å²) in [7, 11) is 0. The Morgan fingerprint density at radius 1 is 1.12 bits per heavy atom. The minimum atomic E-state index is -0.815. The number of carbonyl (C=O) groups excluding carboxylic acids is 1. The molecule has 1 aromatic heterocycles. The average molecular weight is 466 g/mol. The van der Waals surface area contributed by atoms with Gasteiger partial charge in [-0.05, 0) is 67.6 Å². The van der Waals surface area contributed by atoms with E-state index < -0.39 is 11.6 Å². The molecular weight excluding hydrogens is 436 g/mol. The fourth-order valence-electron chi connectivity index (χ4n) is 5.75. The largest absolute Gasteiger partial charge is 0.324 e. The van der Waals surface area contributed by atoms with Crippen LogP contribution in [0.25, 0.3) is 4.85 Å². The van der Waals surface area contributed by atoms with Crippen molar-refractivity contribution in [2.75, 3.05) is 37.6 Å². The van der Waals surface area contributed by atoms with Crippen LogP contribution < -0.4 is 4.90 Å². The smallest absolute Gasteiger partial charge is 0.324 e. The van der Waals surface area contributed by atoms with Crippen LogP contribution in [0.1, 0.15) is 44.4 Å². The predicted octanol–water partition coefficient (Wildman–Crippen LogP) is 5.12. The molecule has 0 aliphatic carbocycles. The third-order valence-corrected chi connectivity index (χ3v) is 7.76.